The summed E-state index contributed by atoms with van der Waals surface area (Å²) in [7, 11) is 0. The number of aliphatic hydroxyl groups excluding tert-OH is 4. The number of hydrogen-bond acceptors (Lipinski definition) is 7. The van der Waals surface area contributed by atoms with Crippen molar-refractivity contribution >= 4 is 11.8 Å². The van der Waals surface area contributed by atoms with E-state index in [1.54, 1.807) is 12.1 Å². The van der Waals surface area contributed by atoms with Crippen LogP contribution in [0.3, 0.4) is 0 Å². The summed E-state index contributed by atoms with van der Waals surface area (Å²) < 4.78 is 10.0. The lowest BCUT2D eigenvalue weighted by Crippen LogP contribution is -2.59. The molecule has 1 aromatic carbocycles. The van der Waals surface area contributed by atoms with Crippen LogP contribution in [0.4, 0.5) is 10.5 Å². The summed E-state index contributed by atoms with van der Waals surface area (Å²) in [5.74, 6) is 0. The molecule has 1 saturated heterocycles. The van der Waals surface area contributed by atoms with Crippen molar-refractivity contribution in [3.05, 3.63) is 29.3 Å². The van der Waals surface area contributed by atoms with Gasteiger partial charge in [0.15, 0.2) is 0 Å². The van der Waals surface area contributed by atoms with E-state index in [1.165, 1.54) is 0 Å². The van der Waals surface area contributed by atoms with E-state index in [0.29, 0.717) is 5.69 Å². The van der Waals surface area contributed by atoms with Crippen LogP contribution < -0.4 is 5.32 Å². The van der Waals surface area contributed by atoms with Crippen molar-refractivity contribution < 1.29 is 34.7 Å². The summed E-state index contributed by atoms with van der Waals surface area (Å²) in [4.78, 5) is 11.9. The number of rotatable bonds is 3. The fourth-order valence-electron chi connectivity index (χ4n) is 2.46. The Bertz CT molecular complexity index is 543. The first kappa shape index (κ1) is 17.6. The first-order chi connectivity index (χ1) is 10.8. The number of carbonyl (C=O) groups excluding carboxylic acids is 1. The van der Waals surface area contributed by atoms with E-state index in [0.717, 1.165) is 11.1 Å². The highest BCUT2D eigenvalue weighted by atomic mass is 16.7. The lowest BCUT2D eigenvalue weighted by Gasteiger charge is -2.39. The Balaban J connectivity index is 2.01. The molecule has 0 unspecified atom stereocenters. The van der Waals surface area contributed by atoms with Crippen LogP contribution in [0, 0.1) is 13.8 Å². The number of hydrogen-bond donors (Lipinski definition) is 5. The third kappa shape index (κ3) is 4.18. The summed E-state index contributed by atoms with van der Waals surface area (Å²) in [5.41, 5.74) is 2.42. The van der Waals surface area contributed by atoms with E-state index >= 15 is 0 Å². The summed E-state index contributed by atoms with van der Waals surface area (Å²) in [5, 5.41) is 40.7. The molecule has 1 aromatic rings. The molecule has 8 nitrogen and oxygen atoms in total. The van der Waals surface area contributed by atoms with Crippen molar-refractivity contribution in [2.45, 2.75) is 44.6 Å². The molecule has 0 bridgehead atoms. The first-order valence-electron chi connectivity index (χ1n) is 7.18. The van der Waals surface area contributed by atoms with Crippen LogP contribution in [-0.2, 0) is 9.47 Å². The van der Waals surface area contributed by atoms with E-state index in [2.05, 4.69) is 5.32 Å². The van der Waals surface area contributed by atoms with Crippen molar-refractivity contribution in [1.29, 1.82) is 0 Å². The average Bonchev–Trinajstić information content (AvgIpc) is 2.46. The molecule has 2 rings (SSSR count). The molecule has 1 heterocycles. The number of anilines is 1. The van der Waals surface area contributed by atoms with Crippen LogP contribution in [0.5, 0.6) is 0 Å². The summed E-state index contributed by atoms with van der Waals surface area (Å²) >= 11 is 0. The Morgan fingerprint density at radius 2 is 1.74 bits per heavy atom. The fraction of sp³-hybridized carbons (Fsp3) is 0.533. The van der Waals surface area contributed by atoms with Crippen molar-refractivity contribution in [2.24, 2.45) is 0 Å². The maximum absolute atomic E-state index is 11.9. The molecule has 0 aliphatic carbocycles. The summed E-state index contributed by atoms with van der Waals surface area (Å²) in [6.45, 7) is 3.16. The monoisotopic (exact) mass is 327 g/mol. The zero-order chi connectivity index (χ0) is 17.1. The molecule has 0 spiro atoms. The standard InChI is InChI=1S/C15H21NO7/c1-7-3-8(2)5-9(4-7)16-15(21)23-14-13(20)12(19)11(18)10(6-17)22-14/h3-5,10-14,17-20H,6H2,1-2H3,(H,16,21)/t10-,11-,12+,13-,14+/m1/s1. The lowest BCUT2D eigenvalue weighted by molar-refractivity contribution is -0.283. The fourth-order valence-corrected chi connectivity index (χ4v) is 2.46. The second-order valence-corrected chi connectivity index (χ2v) is 5.60. The van der Waals surface area contributed by atoms with Gasteiger partial charge < -0.3 is 29.9 Å². The molecule has 0 radical (unpaired) electrons. The predicted octanol–water partition coefficient (Wildman–Crippen LogP) is -0.348. The van der Waals surface area contributed by atoms with Crippen LogP contribution in [0.15, 0.2) is 18.2 Å². The van der Waals surface area contributed by atoms with Gasteiger partial charge in [-0.05, 0) is 37.1 Å². The maximum atomic E-state index is 11.9. The SMILES string of the molecule is Cc1cc(C)cc(NC(=O)O[C@@H]2O[C@H](CO)[C@@H](O)[C@H](O)[C@H]2O)c1. The lowest BCUT2D eigenvalue weighted by atomic mass is 9.99. The normalized spacial score (nSPS) is 30.8. The molecule has 1 fully saturated rings. The van der Waals surface area contributed by atoms with E-state index in [9.17, 15) is 20.1 Å². The summed E-state index contributed by atoms with van der Waals surface area (Å²) in [6, 6.07) is 5.41. The van der Waals surface area contributed by atoms with Gasteiger partial charge in [-0.15, -0.1) is 0 Å². The number of carbonyl (C=O) groups is 1. The molecule has 0 aromatic heterocycles. The molecule has 0 saturated carbocycles. The average molecular weight is 327 g/mol. The van der Waals surface area contributed by atoms with E-state index in [1.807, 2.05) is 19.9 Å². The van der Waals surface area contributed by atoms with Crippen LogP contribution in [0.25, 0.3) is 0 Å². The number of aryl methyl sites for hydroxylation is 2. The van der Waals surface area contributed by atoms with E-state index in [-0.39, 0.29) is 0 Å². The molecule has 1 aliphatic rings. The van der Waals surface area contributed by atoms with Gasteiger partial charge in [0.1, 0.15) is 24.4 Å². The minimum atomic E-state index is -1.63. The molecule has 1 amide bonds. The van der Waals surface area contributed by atoms with Crippen molar-refractivity contribution in [3.63, 3.8) is 0 Å². The van der Waals surface area contributed by atoms with Gasteiger partial charge in [-0.1, -0.05) is 6.07 Å². The van der Waals surface area contributed by atoms with Crippen LogP contribution in [0.2, 0.25) is 0 Å². The Kier molecular flexibility index (Phi) is 5.55. The Hall–Kier alpha value is -1.71. The van der Waals surface area contributed by atoms with Gasteiger partial charge in [0.2, 0.25) is 6.29 Å². The van der Waals surface area contributed by atoms with Gasteiger partial charge in [0.05, 0.1) is 6.61 Å². The molecule has 8 heteroatoms. The largest absolute Gasteiger partial charge is 0.416 e. The zero-order valence-corrected chi connectivity index (χ0v) is 12.8. The van der Waals surface area contributed by atoms with Gasteiger partial charge in [-0.25, -0.2) is 4.79 Å². The third-order valence-corrected chi connectivity index (χ3v) is 3.54. The van der Waals surface area contributed by atoms with Gasteiger partial charge in [0, 0.05) is 5.69 Å². The van der Waals surface area contributed by atoms with E-state index < -0.39 is 43.4 Å². The van der Waals surface area contributed by atoms with Crippen molar-refractivity contribution in [1.82, 2.24) is 0 Å². The first-order valence-corrected chi connectivity index (χ1v) is 7.18. The smallest absolute Gasteiger partial charge is 0.414 e. The van der Waals surface area contributed by atoms with Crippen molar-refractivity contribution in [3.8, 4) is 0 Å². The highest BCUT2D eigenvalue weighted by Crippen LogP contribution is 2.22. The van der Waals surface area contributed by atoms with Crippen LogP contribution in [-0.4, -0.2) is 63.8 Å². The molecule has 5 atom stereocenters. The topological polar surface area (TPSA) is 128 Å². The second-order valence-electron chi connectivity index (χ2n) is 5.60. The maximum Gasteiger partial charge on any atom is 0.414 e. The van der Waals surface area contributed by atoms with Crippen LogP contribution in [0.1, 0.15) is 11.1 Å². The van der Waals surface area contributed by atoms with Gasteiger partial charge >= 0.3 is 6.09 Å². The highest BCUT2D eigenvalue weighted by Gasteiger charge is 2.45. The molecular weight excluding hydrogens is 306 g/mol. The Morgan fingerprint density at radius 3 is 2.30 bits per heavy atom. The molecule has 23 heavy (non-hydrogen) atoms. The quantitative estimate of drug-likeness (QED) is 0.513. The summed E-state index contributed by atoms with van der Waals surface area (Å²) in [6.07, 6.45) is -8.25. The number of amides is 1. The van der Waals surface area contributed by atoms with Gasteiger partial charge in [0.25, 0.3) is 0 Å². The number of ether oxygens (including phenoxy) is 2. The second kappa shape index (κ2) is 7.24. The Morgan fingerprint density at radius 1 is 1.13 bits per heavy atom. The number of nitrogens with one attached hydrogen (secondary N) is 1. The molecular formula is C15H21NO7. The zero-order valence-electron chi connectivity index (χ0n) is 12.8. The third-order valence-electron chi connectivity index (χ3n) is 3.54. The number of aliphatic hydroxyl groups is 4. The van der Waals surface area contributed by atoms with Gasteiger partial charge in [-0.3, -0.25) is 5.32 Å². The van der Waals surface area contributed by atoms with Crippen molar-refractivity contribution in [2.75, 3.05) is 11.9 Å². The molecule has 5 N–H and O–H groups in total. The Labute approximate surface area is 133 Å². The van der Waals surface area contributed by atoms with Gasteiger partial charge in [-0.2, -0.15) is 0 Å². The van der Waals surface area contributed by atoms with Crippen LogP contribution >= 0.6 is 0 Å². The minimum Gasteiger partial charge on any atom is -0.416 e. The minimum absolute atomic E-state index is 0.511. The van der Waals surface area contributed by atoms with E-state index in [4.69, 9.17) is 14.6 Å². The molecule has 1 aliphatic heterocycles. The number of benzene rings is 1. The highest BCUT2D eigenvalue weighted by molar-refractivity contribution is 5.84. The molecule has 128 valence electrons. The predicted molar refractivity (Wildman–Crippen MR) is 79.8 cm³/mol.